The minimum Gasteiger partial charge on any atom is -0.378 e. The number of benzene rings is 1. The number of hydrogen-bond acceptors (Lipinski definition) is 6. The van der Waals surface area contributed by atoms with Crippen LogP contribution in [-0.4, -0.2) is 70.9 Å². The minimum atomic E-state index is -0.492. The van der Waals surface area contributed by atoms with E-state index in [1.807, 2.05) is 26.2 Å². The third-order valence-electron chi connectivity index (χ3n) is 4.74. The van der Waals surface area contributed by atoms with Crippen LogP contribution >= 0.6 is 0 Å². The Hall–Kier alpha value is -3.23. The molecule has 9 heteroatoms. The van der Waals surface area contributed by atoms with Crippen molar-refractivity contribution in [1.82, 2.24) is 24.7 Å². The highest BCUT2D eigenvalue weighted by molar-refractivity contribution is 5.95. The van der Waals surface area contributed by atoms with Crippen LogP contribution in [0.3, 0.4) is 0 Å². The van der Waals surface area contributed by atoms with E-state index in [0.717, 1.165) is 11.5 Å². The van der Waals surface area contributed by atoms with Gasteiger partial charge in [0.25, 0.3) is 5.91 Å². The maximum Gasteiger partial charge on any atom is 0.256 e. The first kappa shape index (κ1) is 17.2. The lowest BCUT2D eigenvalue weighted by atomic mass is 10.1. The third kappa shape index (κ3) is 3.27. The number of piperazine rings is 1. The van der Waals surface area contributed by atoms with Crippen molar-refractivity contribution < 1.29 is 9.18 Å². The Labute approximate surface area is 155 Å². The Kier molecular flexibility index (Phi) is 4.35. The van der Waals surface area contributed by atoms with Crippen molar-refractivity contribution in [1.29, 1.82) is 0 Å². The van der Waals surface area contributed by atoms with E-state index >= 15 is 0 Å². The van der Waals surface area contributed by atoms with Crippen molar-refractivity contribution in [3.8, 4) is 0 Å². The summed E-state index contributed by atoms with van der Waals surface area (Å²) in [6.07, 6.45) is 1.55. The summed E-state index contributed by atoms with van der Waals surface area (Å²) < 4.78 is 16.0. The van der Waals surface area contributed by atoms with E-state index in [1.54, 1.807) is 32.8 Å². The van der Waals surface area contributed by atoms with Gasteiger partial charge < -0.3 is 14.7 Å². The minimum absolute atomic E-state index is 0.109. The maximum atomic E-state index is 14.4. The predicted molar refractivity (Wildman–Crippen MR) is 99.6 cm³/mol. The molecule has 0 spiro atoms. The van der Waals surface area contributed by atoms with Gasteiger partial charge in [-0.1, -0.05) is 0 Å². The molecule has 0 saturated carbocycles. The number of amides is 1. The Bertz CT molecular complexity index is 979. The van der Waals surface area contributed by atoms with Gasteiger partial charge in [0.05, 0.1) is 5.56 Å². The smallest absolute Gasteiger partial charge is 0.256 e. The normalized spacial score (nSPS) is 14.6. The summed E-state index contributed by atoms with van der Waals surface area (Å²) in [4.78, 5) is 18.3. The van der Waals surface area contributed by atoms with Crippen LogP contribution in [0.5, 0.6) is 0 Å². The first-order valence-corrected chi connectivity index (χ1v) is 8.71. The molecule has 0 radical (unpaired) electrons. The summed E-state index contributed by atoms with van der Waals surface area (Å²) in [7, 11) is 3.67. The van der Waals surface area contributed by atoms with Gasteiger partial charge in [-0.25, -0.2) is 4.39 Å². The zero-order valence-corrected chi connectivity index (χ0v) is 15.2. The average molecular weight is 369 g/mol. The quantitative estimate of drug-likeness (QED) is 0.693. The van der Waals surface area contributed by atoms with E-state index < -0.39 is 5.82 Å². The van der Waals surface area contributed by atoms with Gasteiger partial charge in [-0.2, -0.15) is 4.52 Å². The zero-order valence-electron chi connectivity index (χ0n) is 15.2. The summed E-state index contributed by atoms with van der Waals surface area (Å²) >= 11 is 0. The molecule has 0 unspecified atom stereocenters. The molecule has 8 nitrogen and oxygen atoms in total. The number of aromatic nitrogens is 4. The molecule has 0 aliphatic carbocycles. The fraction of sp³-hybridized carbons (Fsp3) is 0.333. The number of nitrogens with zero attached hydrogens (tertiary/aromatic N) is 7. The second-order valence-electron chi connectivity index (χ2n) is 6.66. The third-order valence-corrected chi connectivity index (χ3v) is 4.74. The van der Waals surface area contributed by atoms with Crippen LogP contribution in [0, 0.1) is 5.82 Å². The highest BCUT2D eigenvalue weighted by Crippen LogP contribution is 2.20. The van der Waals surface area contributed by atoms with Crippen molar-refractivity contribution in [2.24, 2.45) is 0 Å². The highest BCUT2D eigenvalue weighted by Gasteiger charge is 2.25. The first-order valence-electron chi connectivity index (χ1n) is 8.71. The van der Waals surface area contributed by atoms with E-state index in [2.05, 4.69) is 20.2 Å². The second-order valence-corrected chi connectivity index (χ2v) is 6.66. The van der Waals surface area contributed by atoms with Gasteiger partial charge in [0.15, 0.2) is 5.65 Å². The van der Waals surface area contributed by atoms with Gasteiger partial charge >= 0.3 is 0 Å². The van der Waals surface area contributed by atoms with Gasteiger partial charge in [-0.3, -0.25) is 4.79 Å². The Morgan fingerprint density at radius 2 is 1.89 bits per heavy atom. The van der Waals surface area contributed by atoms with Crippen LogP contribution in [0.25, 0.3) is 5.65 Å². The molecule has 4 rings (SSSR count). The van der Waals surface area contributed by atoms with Gasteiger partial charge in [-0.05, 0) is 30.3 Å². The van der Waals surface area contributed by atoms with Crippen molar-refractivity contribution in [3.05, 3.63) is 48.0 Å². The SMILES string of the molecule is CN(C)c1ccc(C(=O)N2CCN(c3ccc4nncn4n3)CC2)c(F)c1. The molecule has 140 valence electrons. The fourth-order valence-corrected chi connectivity index (χ4v) is 3.15. The summed E-state index contributed by atoms with van der Waals surface area (Å²) in [5.74, 6) is 0.0314. The van der Waals surface area contributed by atoms with E-state index in [9.17, 15) is 9.18 Å². The molecule has 3 aromatic rings. The molecule has 3 heterocycles. The second kappa shape index (κ2) is 6.82. The summed E-state index contributed by atoms with van der Waals surface area (Å²) in [6.45, 7) is 2.28. The molecule has 1 fully saturated rings. The van der Waals surface area contributed by atoms with Crippen molar-refractivity contribution in [2.45, 2.75) is 0 Å². The molecule has 1 aromatic carbocycles. The lowest BCUT2D eigenvalue weighted by Gasteiger charge is -2.35. The van der Waals surface area contributed by atoms with E-state index in [4.69, 9.17) is 0 Å². The molecule has 0 atom stereocenters. The number of fused-ring (bicyclic) bond motifs is 1. The van der Waals surface area contributed by atoms with E-state index in [1.165, 1.54) is 6.07 Å². The molecular weight excluding hydrogens is 349 g/mol. The number of carbonyl (C=O) groups is 1. The molecule has 0 bridgehead atoms. The lowest BCUT2D eigenvalue weighted by Crippen LogP contribution is -2.49. The number of hydrogen-bond donors (Lipinski definition) is 0. The van der Waals surface area contributed by atoms with Gasteiger partial charge in [0.2, 0.25) is 0 Å². The highest BCUT2D eigenvalue weighted by atomic mass is 19.1. The number of carbonyl (C=O) groups excluding carboxylic acids is 1. The van der Waals surface area contributed by atoms with Gasteiger partial charge in [-0.15, -0.1) is 15.3 Å². The molecule has 1 amide bonds. The molecule has 2 aromatic heterocycles. The lowest BCUT2D eigenvalue weighted by molar-refractivity contribution is 0.0742. The van der Waals surface area contributed by atoms with Crippen LogP contribution in [0.4, 0.5) is 15.9 Å². The Morgan fingerprint density at radius 3 is 2.59 bits per heavy atom. The summed E-state index contributed by atoms with van der Waals surface area (Å²) in [5, 5.41) is 12.2. The number of anilines is 2. The molecule has 1 aliphatic rings. The number of rotatable bonds is 3. The summed E-state index contributed by atoms with van der Waals surface area (Å²) in [6, 6.07) is 8.45. The number of halogens is 1. The standard InChI is InChI=1S/C18H20FN7O/c1-23(2)13-3-4-14(15(19)11-13)18(27)25-9-7-24(8-10-25)17-6-5-16-21-20-12-26(16)22-17/h3-6,11-12H,7-10H2,1-2H3. The Balaban J connectivity index is 1.44. The van der Waals surface area contributed by atoms with E-state index in [0.29, 0.717) is 31.8 Å². The van der Waals surface area contributed by atoms with E-state index in [-0.39, 0.29) is 11.5 Å². The molecular formula is C18H20FN7O. The van der Waals surface area contributed by atoms with Crippen molar-refractivity contribution >= 4 is 23.1 Å². The van der Waals surface area contributed by atoms with Crippen LogP contribution in [0.2, 0.25) is 0 Å². The fourth-order valence-electron chi connectivity index (χ4n) is 3.15. The largest absolute Gasteiger partial charge is 0.378 e. The molecule has 1 saturated heterocycles. The maximum absolute atomic E-state index is 14.4. The molecule has 1 aliphatic heterocycles. The van der Waals surface area contributed by atoms with Gasteiger partial charge in [0, 0.05) is 46.0 Å². The molecule has 27 heavy (non-hydrogen) atoms. The average Bonchev–Trinajstić information content (AvgIpc) is 3.15. The first-order chi connectivity index (χ1) is 13.0. The van der Waals surface area contributed by atoms with Crippen LogP contribution in [0.15, 0.2) is 36.7 Å². The van der Waals surface area contributed by atoms with Crippen molar-refractivity contribution in [3.63, 3.8) is 0 Å². The molecule has 0 N–H and O–H groups in total. The monoisotopic (exact) mass is 369 g/mol. The van der Waals surface area contributed by atoms with Crippen LogP contribution in [-0.2, 0) is 0 Å². The van der Waals surface area contributed by atoms with Crippen LogP contribution in [0.1, 0.15) is 10.4 Å². The zero-order chi connectivity index (χ0) is 19.0. The topological polar surface area (TPSA) is 69.9 Å². The Morgan fingerprint density at radius 1 is 1.11 bits per heavy atom. The van der Waals surface area contributed by atoms with Crippen molar-refractivity contribution in [2.75, 3.05) is 50.1 Å². The summed E-state index contributed by atoms with van der Waals surface area (Å²) in [5.41, 5.74) is 1.52. The van der Waals surface area contributed by atoms with Crippen LogP contribution < -0.4 is 9.80 Å². The van der Waals surface area contributed by atoms with Gasteiger partial charge in [0.1, 0.15) is 18.0 Å². The predicted octanol–water partition coefficient (Wildman–Crippen LogP) is 1.29.